The molecule has 0 aliphatic heterocycles. The first-order valence-electron chi connectivity index (χ1n) is 7.13. The van der Waals surface area contributed by atoms with Gasteiger partial charge in [0.25, 0.3) is 0 Å². The van der Waals surface area contributed by atoms with Crippen LogP contribution in [0.5, 0.6) is 11.6 Å². The average molecular weight is 340 g/mol. The van der Waals surface area contributed by atoms with Crippen molar-refractivity contribution in [1.82, 2.24) is 9.97 Å². The van der Waals surface area contributed by atoms with Crippen LogP contribution >= 0.6 is 11.3 Å². The lowest BCUT2D eigenvalue weighted by atomic mass is 10.1. The molecule has 0 radical (unpaired) electrons. The molecule has 0 aliphatic carbocycles. The van der Waals surface area contributed by atoms with E-state index in [1.165, 1.54) is 41.9 Å². The molecule has 0 unspecified atom stereocenters. The number of rotatable bonds is 3. The highest BCUT2D eigenvalue weighted by Gasteiger charge is 2.16. The number of halogens is 2. The first-order chi connectivity index (χ1) is 11.7. The Morgan fingerprint density at radius 3 is 2.50 bits per heavy atom. The maximum Gasteiger partial charge on any atom is 0.231 e. The summed E-state index contributed by atoms with van der Waals surface area (Å²) < 4.78 is 32.7. The molecular formula is C18H10F2N2OS. The number of thiophene rings is 1. The van der Waals surface area contributed by atoms with Crippen molar-refractivity contribution in [3.63, 3.8) is 0 Å². The van der Waals surface area contributed by atoms with E-state index in [9.17, 15) is 8.78 Å². The van der Waals surface area contributed by atoms with Gasteiger partial charge in [0.1, 0.15) is 17.0 Å². The molecule has 0 spiro atoms. The number of para-hydroxylation sites is 1. The quantitative estimate of drug-likeness (QED) is 0.499. The molecule has 0 atom stereocenters. The minimum atomic E-state index is -0.470. The predicted octanol–water partition coefficient (Wildman–Crippen LogP) is 5.43. The van der Waals surface area contributed by atoms with Crippen molar-refractivity contribution in [2.24, 2.45) is 0 Å². The predicted molar refractivity (Wildman–Crippen MR) is 89.3 cm³/mol. The molecule has 0 bridgehead atoms. The minimum absolute atomic E-state index is 0.0914. The summed E-state index contributed by atoms with van der Waals surface area (Å²) in [6.07, 6.45) is 1.38. The second kappa shape index (κ2) is 5.98. The highest BCUT2D eigenvalue weighted by molar-refractivity contribution is 7.17. The van der Waals surface area contributed by atoms with E-state index >= 15 is 0 Å². The fraction of sp³-hybridized carbons (Fsp3) is 0. The van der Waals surface area contributed by atoms with Crippen LogP contribution in [0.3, 0.4) is 0 Å². The first kappa shape index (κ1) is 14.7. The molecule has 6 heteroatoms. The third-order valence-electron chi connectivity index (χ3n) is 3.53. The molecule has 2 heterocycles. The molecule has 0 N–H and O–H groups in total. The molecule has 0 amide bonds. The van der Waals surface area contributed by atoms with E-state index in [-0.39, 0.29) is 17.4 Å². The van der Waals surface area contributed by atoms with Crippen LogP contribution in [0, 0.1) is 11.6 Å². The molecule has 0 fully saturated rings. The van der Waals surface area contributed by atoms with Gasteiger partial charge in [0.2, 0.25) is 5.88 Å². The smallest absolute Gasteiger partial charge is 0.231 e. The van der Waals surface area contributed by atoms with Crippen LogP contribution in [0.25, 0.3) is 21.3 Å². The van der Waals surface area contributed by atoms with E-state index in [2.05, 4.69) is 9.97 Å². The monoisotopic (exact) mass is 340 g/mol. The standard InChI is InChI=1S/C18H10F2N2OS/c19-12-7-5-11(6-8-12)13-9-24-18-16(13)17(21-10-22-18)23-15-4-2-1-3-14(15)20/h1-10H. The van der Waals surface area contributed by atoms with Crippen LogP contribution in [0.15, 0.2) is 60.2 Å². The van der Waals surface area contributed by atoms with E-state index in [0.29, 0.717) is 5.39 Å². The van der Waals surface area contributed by atoms with Gasteiger partial charge in [-0.2, -0.15) is 0 Å². The van der Waals surface area contributed by atoms with Gasteiger partial charge in [-0.1, -0.05) is 24.3 Å². The van der Waals surface area contributed by atoms with Gasteiger partial charge in [-0.25, -0.2) is 18.7 Å². The summed E-state index contributed by atoms with van der Waals surface area (Å²) in [5.41, 5.74) is 1.64. The van der Waals surface area contributed by atoms with Crippen molar-refractivity contribution in [2.45, 2.75) is 0 Å². The van der Waals surface area contributed by atoms with Crippen molar-refractivity contribution in [3.05, 3.63) is 71.9 Å². The highest BCUT2D eigenvalue weighted by Crippen LogP contribution is 2.39. The largest absolute Gasteiger partial charge is 0.435 e. The van der Waals surface area contributed by atoms with Gasteiger partial charge in [-0.05, 0) is 29.8 Å². The fourth-order valence-electron chi connectivity index (χ4n) is 2.40. The maximum absolute atomic E-state index is 13.9. The van der Waals surface area contributed by atoms with Crippen LogP contribution in [0.2, 0.25) is 0 Å². The van der Waals surface area contributed by atoms with E-state index in [4.69, 9.17) is 4.74 Å². The average Bonchev–Trinajstić information content (AvgIpc) is 3.03. The van der Waals surface area contributed by atoms with E-state index in [1.54, 1.807) is 24.3 Å². The fourth-order valence-corrected chi connectivity index (χ4v) is 3.31. The Kier molecular flexibility index (Phi) is 3.66. The Bertz CT molecular complexity index is 1020. The van der Waals surface area contributed by atoms with Crippen LogP contribution in [-0.4, -0.2) is 9.97 Å². The van der Waals surface area contributed by atoms with Crippen LogP contribution < -0.4 is 4.74 Å². The minimum Gasteiger partial charge on any atom is -0.435 e. The third kappa shape index (κ3) is 2.61. The van der Waals surface area contributed by atoms with E-state index < -0.39 is 5.82 Å². The Balaban J connectivity index is 1.86. The van der Waals surface area contributed by atoms with Gasteiger partial charge >= 0.3 is 0 Å². The van der Waals surface area contributed by atoms with Crippen molar-refractivity contribution in [1.29, 1.82) is 0 Å². The zero-order valence-electron chi connectivity index (χ0n) is 12.2. The SMILES string of the molecule is Fc1ccc(-c2csc3ncnc(Oc4ccccc4F)c23)cc1. The van der Waals surface area contributed by atoms with Crippen LogP contribution in [-0.2, 0) is 0 Å². The van der Waals surface area contributed by atoms with E-state index in [0.717, 1.165) is 16.0 Å². The summed E-state index contributed by atoms with van der Waals surface area (Å²) in [5.74, 6) is -0.417. The van der Waals surface area contributed by atoms with Gasteiger partial charge in [0.05, 0.1) is 5.39 Å². The summed E-state index contributed by atoms with van der Waals surface area (Å²) in [6, 6.07) is 12.3. The summed E-state index contributed by atoms with van der Waals surface area (Å²) in [7, 11) is 0. The first-order valence-corrected chi connectivity index (χ1v) is 8.01. The Labute approximate surface area is 140 Å². The zero-order chi connectivity index (χ0) is 16.5. The number of nitrogens with zero attached hydrogens (tertiary/aromatic N) is 2. The van der Waals surface area contributed by atoms with Gasteiger partial charge < -0.3 is 4.74 Å². The Hall–Kier alpha value is -2.86. The summed E-state index contributed by atoms with van der Waals surface area (Å²) >= 11 is 1.42. The lowest BCUT2D eigenvalue weighted by Crippen LogP contribution is -1.92. The number of aromatic nitrogens is 2. The van der Waals surface area contributed by atoms with Gasteiger partial charge in [0, 0.05) is 10.9 Å². The normalized spacial score (nSPS) is 10.9. The van der Waals surface area contributed by atoms with Crippen LogP contribution in [0.4, 0.5) is 8.78 Å². The second-order valence-corrected chi connectivity index (χ2v) is 5.91. The summed E-state index contributed by atoms with van der Waals surface area (Å²) in [5, 5.41) is 2.58. The molecule has 0 saturated heterocycles. The topological polar surface area (TPSA) is 35.0 Å². The Morgan fingerprint density at radius 2 is 1.71 bits per heavy atom. The summed E-state index contributed by atoms with van der Waals surface area (Å²) in [4.78, 5) is 9.10. The molecule has 4 rings (SSSR count). The van der Waals surface area contributed by atoms with Gasteiger partial charge in [0.15, 0.2) is 11.6 Å². The molecule has 4 aromatic rings. The third-order valence-corrected chi connectivity index (χ3v) is 4.42. The zero-order valence-corrected chi connectivity index (χ0v) is 13.1. The molecule has 3 nitrogen and oxygen atoms in total. The lowest BCUT2D eigenvalue weighted by Gasteiger charge is -2.08. The van der Waals surface area contributed by atoms with Crippen molar-refractivity contribution < 1.29 is 13.5 Å². The molecular weight excluding hydrogens is 330 g/mol. The van der Waals surface area contributed by atoms with Gasteiger partial charge in [-0.3, -0.25) is 0 Å². The number of benzene rings is 2. The molecule has 118 valence electrons. The highest BCUT2D eigenvalue weighted by atomic mass is 32.1. The number of hydrogen-bond acceptors (Lipinski definition) is 4. The van der Waals surface area contributed by atoms with Crippen molar-refractivity contribution in [3.8, 4) is 22.8 Å². The Morgan fingerprint density at radius 1 is 0.917 bits per heavy atom. The lowest BCUT2D eigenvalue weighted by molar-refractivity contribution is 0.432. The molecule has 24 heavy (non-hydrogen) atoms. The second-order valence-electron chi connectivity index (χ2n) is 5.05. The van der Waals surface area contributed by atoms with Crippen LogP contribution in [0.1, 0.15) is 0 Å². The molecule has 2 aromatic carbocycles. The molecule has 2 aromatic heterocycles. The molecule has 0 saturated carbocycles. The molecule has 0 aliphatic rings. The van der Waals surface area contributed by atoms with Crippen molar-refractivity contribution >= 4 is 21.6 Å². The number of hydrogen-bond donors (Lipinski definition) is 0. The number of fused-ring (bicyclic) bond motifs is 1. The number of ether oxygens (including phenoxy) is 1. The van der Waals surface area contributed by atoms with E-state index in [1.807, 2.05) is 5.38 Å². The maximum atomic E-state index is 13.9. The summed E-state index contributed by atoms with van der Waals surface area (Å²) in [6.45, 7) is 0. The van der Waals surface area contributed by atoms with Gasteiger partial charge in [-0.15, -0.1) is 11.3 Å². The van der Waals surface area contributed by atoms with Crippen molar-refractivity contribution in [2.75, 3.05) is 0 Å².